The maximum Gasteiger partial charge on any atom is 0.274 e. The Morgan fingerprint density at radius 2 is 1.74 bits per heavy atom. The number of benzene rings is 2. The molecule has 138 valence electrons. The van der Waals surface area contributed by atoms with Crippen LogP contribution in [-0.4, -0.2) is 22.4 Å². The zero-order chi connectivity index (χ0) is 19.2. The first-order valence-electron chi connectivity index (χ1n) is 9.16. The molecule has 5 nitrogen and oxygen atoms in total. The number of nitrogens with one attached hydrogen (secondary N) is 1. The lowest BCUT2D eigenvalue weighted by Crippen LogP contribution is -2.21. The highest BCUT2D eigenvalue weighted by Gasteiger charge is 2.15. The fraction of sp³-hybridized carbons (Fsp3) is 0.227. The molecule has 0 saturated carbocycles. The van der Waals surface area contributed by atoms with Crippen LogP contribution in [0.5, 0.6) is 0 Å². The first-order chi connectivity index (χ1) is 13.1. The number of anilines is 3. The van der Waals surface area contributed by atoms with Crippen LogP contribution in [0.25, 0.3) is 0 Å². The largest absolute Gasteiger partial charge is 0.320 e. The summed E-state index contributed by atoms with van der Waals surface area (Å²) in [5.74, 6) is 0.584. The molecule has 0 bridgehead atoms. The molecule has 0 fully saturated rings. The monoisotopic (exact) mass is 360 g/mol. The number of amides is 1. The summed E-state index contributed by atoms with van der Waals surface area (Å²) in [6, 6.07) is 19.4. The molecule has 5 heteroatoms. The van der Waals surface area contributed by atoms with Gasteiger partial charge in [-0.25, -0.2) is 9.97 Å². The SMILES string of the molecule is CCN(c1ccccc1)c1nccc(C(=O)Nc2ccccc2C(C)C)n1. The molecule has 27 heavy (non-hydrogen) atoms. The van der Waals surface area contributed by atoms with Gasteiger partial charge >= 0.3 is 0 Å². The Balaban J connectivity index is 1.86. The Bertz CT molecular complexity index is 909. The van der Waals surface area contributed by atoms with Crippen LogP contribution in [0.3, 0.4) is 0 Å². The fourth-order valence-corrected chi connectivity index (χ4v) is 2.95. The van der Waals surface area contributed by atoms with E-state index in [4.69, 9.17) is 0 Å². The zero-order valence-electron chi connectivity index (χ0n) is 15.9. The van der Waals surface area contributed by atoms with Gasteiger partial charge in [-0.3, -0.25) is 4.79 Å². The van der Waals surface area contributed by atoms with E-state index >= 15 is 0 Å². The Morgan fingerprint density at radius 1 is 1.04 bits per heavy atom. The van der Waals surface area contributed by atoms with E-state index in [1.54, 1.807) is 12.3 Å². The first-order valence-corrected chi connectivity index (χ1v) is 9.16. The molecule has 0 spiro atoms. The highest BCUT2D eigenvalue weighted by molar-refractivity contribution is 6.03. The van der Waals surface area contributed by atoms with Crippen LogP contribution < -0.4 is 10.2 Å². The van der Waals surface area contributed by atoms with Crippen molar-refractivity contribution < 1.29 is 4.79 Å². The molecular weight excluding hydrogens is 336 g/mol. The highest BCUT2D eigenvalue weighted by atomic mass is 16.1. The lowest BCUT2D eigenvalue weighted by molar-refractivity contribution is 0.102. The minimum atomic E-state index is -0.240. The van der Waals surface area contributed by atoms with Crippen LogP contribution in [0.4, 0.5) is 17.3 Å². The number of hydrogen-bond acceptors (Lipinski definition) is 4. The van der Waals surface area contributed by atoms with Crippen LogP contribution in [0.15, 0.2) is 66.9 Å². The van der Waals surface area contributed by atoms with Crippen LogP contribution in [-0.2, 0) is 0 Å². The molecule has 0 aliphatic heterocycles. The number of para-hydroxylation sites is 2. The predicted octanol–water partition coefficient (Wildman–Crippen LogP) is 5.01. The standard InChI is InChI=1S/C22H24N4O/c1-4-26(17-10-6-5-7-11-17)22-23-15-14-20(25-22)21(27)24-19-13-9-8-12-18(19)16(2)3/h5-16H,4H2,1-3H3,(H,24,27). The van der Waals surface area contributed by atoms with Crippen molar-refractivity contribution in [2.24, 2.45) is 0 Å². The van der Waals surface area contributed by atoms with Crippen molar-refractivity contribution in [1.82, 2.24) is 9.97 Å². The Labute approximate surface area is 160 Å². The van der Waals surface area contributed by atoms with Crippen molar-refractivity contribution in [2.75, 3.05) is 16.8 Å². The minimum Gasteiger partial charge on any atom is -0.320 e. The van der Waals surface area contributed by atoms with Gasteiger partial charge in [0.15, 0.2) is 0 Å². The van der Waals surface area contributed by atoms with Gasteiger partial charge < -0.3 is 10.2 Å². The Morgan fingerprint density at radius 3 is 2.44 bits per heavy atom. The maximum absolute atomic E-state index is 12.8. The average Bonchev–Trinajstić information content (AvgIpc) is 2.70. The van der Waals surface area contributed by atoms with Crippen molar-refractivity contribution in [3.63, 3.8) is 0 Å². The lowest BCUT2D eigenvalue weighted by atomic mass is 10.0. The third kappa shape index (κ3) is 4.31. The molecule has 1 N–H and O–H groups in total. The van der Waals surface area contributed by atoms with Gasteiger partial charge in [0.05, 0.1) is 0 Å². The Hall–Kier alpha value is -3.21. The van der Waals surface area contributed by atoms with Crippen LogP contribution in [0.2, 0.25) is 0 Å². The highest BCUT2D eigenvalue weighted by Crippen LogP contribution is 2.25. The van der Waals surface area contributed by atoms with Crippen molar-refractivity contribution in [1.29, 1.82) is 0 Å². The van der Waals surface area contributed by atoms with Gasteiger partial charge in [0.2, 0.25) is 5.95 Å². The van der Waals surface area contributed by atoms with Crippen molar-refractivity contribution in [2.45, 2.75) is 26.7 Å². The molecule has 0 atom stereocenters. The van der Waals surface area contributed by atoms with Gasteiger partial charge in [-0.1, -0.05) is 50.2 Å². The summed E-state index contributed by atoms with van der Waals surface area (Å²) in [4.78, 5) is 23.6. The number of hydrogen-bond donors (Lipinski definition) is 1. The Kier molecular flexibility index (Phi) is 5.81. The summed E-state index contributed by atoms with van der Waals surface area (Å²) in [5, 5.41) is 2.98. The summed E-state index contributed by atoms with van der Waals surface area (Å²) in [6.45, 7) is 6.94. The second-order valence-corrected chi connectivity index (χ2v) is 6.52. The second kappa shape index (κ2) is 8.45. The van der Waals surface area contributed by atoms with E-state index in [9.17, 15) is 4.79 Å². The number of nitrogens with zero attached hydrogens (tertiary/aromatic N) is 3. The maximum atomic E-state index is 12.8. The number of carbonyl (C=O) groups is 1. The molecule has 0 unspecified atom stereocenters. The smallest absolute Gasteiger partial charge is 0.274 e. The van der Waals surface area contributed by atoms with E-state index in [0.29, 0.717) is 24.1 Å². The summed E-state index contributed by atoms with van der Waals surface area (Å²) < 4.78 is 0. The number of aromatic nitrogens is 2. The predicted molar refractivity (Wildman–Crippen MR) is 110 cm³/mol. The van der Waals surface area contributed by atoms with Gasteiger partial charge in [-0.15, -0.1) is 0 Å². The summed E-state index contributed by atoms with van der Waals surface area (Å²) in [6.07, 6.45) is 1.62. The summed E-state index contributed by atoms with van der Waals surface area (Å²) in [5.41, 5.74) is 3.24. The van der Waals surface area contributed by atoms with E-state index in [2.05, 4.69) is 29.1 Å². The van der Waals surface area contributed by atoms with E-state index in [1.807, 2.05) is 66.4 Å². The lowest BCUT2D eigenvalue weighted by Gasteiger charge is -2.21. The molecule has 0 aliphatic rings. The number of carbonyl (C=O) groups excluding carboxylic acids is 1. The van der Waals surface area contributed by atoms with Gasteiger partial charge in [-0.2, -0.15) is 0 Å². The minimum absolute atomic E-state index is 0.240. The molecule has 0 aliphatic carbocycles. The second-order valence-electron chi connectivity index (χ2n) is 6.52. The van der Waals surface area contributed by atoms with Gasteiger partial charge in [-0.05, 0) is 42.7 Å². The molecule has 1 aromatic heterocycles. The molecule has 0 saturated heterocycles. The van der Waals surface area contributed by atoms with Crippen molar-refractivity contribution in [3.8, 4) is 0 Å². The third-order valence-corrected chi connectivity index (χ3v) is 4.33. The average molecular weight is 360 g/mol. The van der Waals surface area contributed by atoms with Gasteiger partial charge in [0.25, 0.3) is 5.91 Å². The fourth-order valence-electron chi connectivity index (χ4n) is 2.95. The topological polar surface area (TPSA) is 58.1 Å². The molecular formula is C22H24N4O. The molecule has 0 radical (unpaired) electrons. The number of rotatable bonds is 6. The van der Waals surface area contributed by atoms with Gasteiger partial charge in [0.1, 0.15) is 5.69 Å². The zero-order valence-corrected chi connectivity index (χ0v) is 15.9. The van der Waals surface area contributed by atoms with Crippen LogP contribution in [0.1, 0.15) is 42.7 Å². The van der Waals surface area contributed by atoms with E-state index in [1.165, 1.54) is 0 Å². The quantitative estimate of drug-likeness (QED) is 0.671. The molecule has 3 aromatic rings. The summed E-state index contributed by atoms with van der Waals surface area (Å²) >= 11 is 0. The summed E-state index contributed by atoms with van der Waals surface area (Å²) in [7, 11) is 0. The van der Waals surface area contributed by atoms with Crippen molar-refractivity contribution >= 4 is 23.2 Å². The molecule has 3 rings (SSSR count). The third-order valence-electron chi connectivity index (χ3n) is 4.33. The van der Waals surface area contributed by atoms with Crippen LogP contribution in [0, 0.1) is 0 Å². The van der Waals surface area contributed by atoms with E-state index in [-0.39, 0.29) is 5.91 Å². The van der Waals surface area contributed by atoms with Crippen molar-refractivity contribution in [3.05, 3.63) is 78.1 Å². The molecule has 1 heterocycles. The molecule has 2 aromatic carbocycles. The molecule has 1 amide bonds. The van der Waals surface area contributed by atoms with E-state index < -0.39 is 0 Å². The van der Waals surface area contributed by atoms with E-state index in [0.717, 1.165) is 16.9 Å². The first kappa shape index (κ1) is 18.6. The van der Waals surface area contributed by atoms with Gasteiger partial charge in [0, 0.05) is 24.1 Å². The normalized spacial score (nSPS) is 10.7. The van der Waals surface area contributed by atoms with Crippen LogP contribution >= 0.6 is 0 Å².